The fraction of sp³-hybridized carbons (Fsp3) is 0.182. The van der Waals surface area contributed by atoms with E-state index in [0.717, 1.165) is 12.2 Å². The first-order chi connectivity index (χ1) is 11.8. The summed E-state index contributed by atoms with van der Waals surface area (Å²) in [5, 5.41) is 2.16. The summed E-state index contributed by atoms with van der Waals surface area (Å²) in [4.78, 5) is 1.40. The summed E-state index contributed by atoms with van der Waals surface area (Å²) in [6.07, 6.45) is 3.56. The van der Waals surface area contributed by atoms with Crippen LogP contribution in [0.4, 0.5) is 0 Å². The fourth-order valence-electron chi connectivity index (χ4n) is 3.59. The molecule has 2 aromatic carbocycles. The van der Waals surface area contributed by atoms with Crippen LogP contribution >= 0.6 is 11.3 Å². The van der Waals surface area contributed by atoms with Crippen molar-refractivity contribution < 1.29 is 4.74 Å². The standard InChI is InChI=1S/C22H20OS/c1-23-19-11-9-17(10-12-19)21-15-18(22-8-5-13-24-22)14-20(21)16-6-3-2-4-7-16/h2-13,15,20-21H,14H2,1H3/t20-,21-/m0/s1. The molecule has 1 nitrogen and oxygen atoms in total. The number of allylic oxidation sites excluding steroid dienone is 2. The smallest absolute Gasteiger partial charge is 0.118 e. The Morgan fingerprint density at radius 3 is 2.33 bits per heavy atom. The maximum atomic E-state index is 5.31. The van der Waals surface area contributed by atoms with Crippen LogP contribution in [0.15, 0.2) is 78.2 Å². The van der Waals surface area contributed by atoms with Gasteiger partial charge in [-0.1, -0.05) is 54.6 Å². The molecule has 0 aliphatic heterocycles. The van der Waals surface area contributed by atoms with E-state index in [9.17, 15) is 0 Å². The normalized spacial score (nSPS) is 20.0. The van der Waals surface area contributed by atoms with Crippen LogP contribution in [-0.2, 0) is 0 Å². The quantitative estimate of drug-likeness (QED) is 0.560. The maximum Gasteiger partial charge on any atom is 0.118 e. The third-order valence-electron chi connectivity index (χ3n) is 4.82. The van der Waals surface area contributed by atoms with Crippen molar-refractivity contribution in [2.45, 2.75) is 18.3 Å². The second kappa shape index (κ2) is 6.66. The highest BCUT2D eigenvalue weighted by molar-refractivity contribution is 7.11. The van der Waals surface area contributed by atoms with Crippen molar-refractivity contribution in [1.82, 2.24) is 0 Å². The van der Waals surface area contributed by atoms with E-state index in [1.807, 2.05) is 11.3 Å². The molecule has 120 valence electrons. The SMILES string of the molecule is COc1ccc([C@@H]2C=C(c3cccs3)C[C@H]2c2ccccc2)cc1. The Morgan fingerprint density at radius 2 is 1.67 bits per heavy atom. The van der Waals surface area contributed by atoms with E-state index in [4.69, 9.17) is 4.74 Å². The predicted octanol–water partition coefficient (Wildman–Crippen LogP) is 6.11. The van der Waals surface area contributed by atoms with Crippen molar-refractivity contribution >= 4 is 16.9 Å². The first-order valence-corrected chi connectivity index (χ1v) is 9.16. The van der Waals surface area contributed by atoms with E-state index in [2.05, 4.69) is 78.2 Å². The lowest BCUT2D eigenvalue weighted by atomic mass is 9.83. The monoisotopic (exact) mass is 332 g/mol. The predicted molar refractivity (Wildman–Crippen MR) is 102 cm³/mol. The van der Waals surface area contributed by atoms with Gasteiger partial charge in [0.05, 0.1) is 7.11 Å². The zero-order valence-corrected chi connectivity index (χ0v) is 14.5. The van der Waals surface area contributed by atoms with Crippen LogP contribution in [0, 0.1) is 0 Å². The average Bonchev–Trinajstić information content (AvgIpc) is 3.32. The molecular formula is C22H20OS. The molecule has 0 spiro atoms. The Hall–Kier alpha value is -2.32. The number of hydrogen-bond acceptors (Lipinski definition) is 2. The lowest BCUT2D eigenvalue weighted by Gasteiger charge is -2.20. The second-order valence-electron chi connectivity index (χ2n) is 6.19. The number of thiophene rings is 1. The molecule has 0 saturated carbocycles. The van der Waals surface area contributed by atoms with Gasteiger partial charge in [0.15, 0.2) is 0 Å². The Labute approximate surface area is 147 Å². The minimum atomic E-state index is 0.412. The second-order valence-corrected chi connectivity index (χ2v) is 7.14. The molecule has 0 N–H and O–H groups in total. The van der Waals surface area contributed by atoms with Crippen LogP contribution in [0.3, 0.4) is 0 Å². The molecule has 0 saturated heterocycles. The van der Waals surface area contributed by atoms with Gasteiger partial charge in [0, 0.05) is 10.8 Å². The van der Waals surface area contributed by atoms with Gasteiger partial charge < -0.3 is 4.74 Å². The lowest BCUT2D eigenvalue weighted by Crippen LogP contribution is -2.05. The van der Waals surface area contributed by atoms with Crippen molar-refractivity contribution in [3.8, 4) is 5.75 Å². The summed E-state index contributed by atoms with van der Waals surface area (Å²) < 4.78 is 5.31. The van der Waals surface area contributed by atoms with Gasteiger partial charge in [-0.05, 0) is 52.6 Å². The van der Waals surface area contributed by atoms with Gasteiger partial charge in [0.2, 0.25) is 0 Å². The average molecular weight is 332 g/mol. The Balaban J connectivity index is 1.72. The molecule has 0 amide bonds. The largest absolute Gasteiger partial charge is 0.497 e. The molecule has 24 heavy (non-hydrogen) atoms. The number of benzene rings is 2. The van der Waals surface area contributed by atoms with Gasteiger partial charge in [-0.2, -0.15) is 0 Å². The van der Waals surface area contributed by atoms with Gasteiger partial charge in [-0.15, -0.1) is 11.3 Å². The van der Waals surface area contributed by atoms with Gasteiger partial charge >= 0.3 is 0 Å². The van der Waals surface area contributed by atoms with Crippen molar-refractivity contribution in [3.63, 3.8) is 0 Å². The van der Waals surface area contributed by atoms with E-state index < -0.39 is 0 Å². The Kier molecular flexibility index (Phi) is 4.22. The topological polar surface area (TPSA) is 9.23 Å². The molecule has 0 unspecified atom stereocenters. The highest BCUT2D eigenvalue weighted by Gasteiger charge is 2.30. The molecule has 1 aromatic heterocycles. The molecule has 1 aliphatic carbocycles. The highest BCUT2D eigenvalue weighted by atomic mass is 32.1. The fourth-order valence-corrected chi connectivity index (χ4v) is 4.35. The van der Waals surface area contributed by atoms with Gasteiger partial charge in [-0.25, -0.2) is 0 Å². The van der Waals surface area contributed by atoms with Crippen LogP contribution in [0.25, 0.3) is 5.57 Å². The molecule has 1 aliphatic rings. The Morgan fingerprint density at radius 1 is 0.875 bits per heavy atom. The molecule has 2 atom stereocenters. The van der Waals surface area contributed by atoms with Gasteiger partial charge in [-0.3, -0.25) is 0 Å². The van der Waals surface area contributed by atoms with Crippen LogP contribution in [-0.4, -0.2) is 7.11 Å². The third-order valence-corrected chi connectivity index (χ3v) is 5.77. The number of rotatable bonds is 4. The van der Waals surface area contributed by atoms with E-state index >= 15 is 0 Å². The zero-order valence-electron chi connectivity index (χ0n) is 13.7. The van der Waals surface area contributed by atoms with E-state index in [1.165, 1.54) is 21.6 Å². The summed E-state index contributed by atoms with van der Waals surface area (Å²) in [5.74, 6) is 1.82. The highest BCUT2D eigenvalue weighted by Crippen LogP contribution is 2.48. The minimum Gasteiger partial charge on any atom is -0.497 e. The molecule has 4 rings (SSSR count). The van der Waals surface area contributed by atoms with Crippen LogP contribution in [0.2, 0.25) is 0 Å². The Bertz CT molecular complexity index is 816. The number of ether oxygens (including phenoxy) is 1. The summed E-state index contributed by atoms with van der Waals surface area (Å²) in [6.45, 7) is 0. The molecule has 2 heteroatoms. The molecule has 0 bridgehead atoms. The minimum absolute atomic E-state index is 0.412. The molecule has 0 fully saturated rings. The van der Waals surface area contributed by atoms with Crippen LogP contribution < -0.4 is 4.74 Å². The number of hydrogen-bond donors (Lipinski definition) is 0. The summed E-state index contributed by atoms with van der Waals surface area (Å²) in [6, 6.07) is 23.8. The molecule has 1 heterocycles. The van der Waals surface area contributed by atoms with Crippen molar-refractivity contribution in [2.24, 2.45) is 0 Å². The third kappa shape index (κ3) is 2.90. The first kappa shape index (κ1) is 15.2. The summed E-state index contributed by atoms with van der Waals surface area (Å²) in [7, 11) is 1.71. The van der Waals surface area contributed by atoms with Crippen molar-refractivity contribution in [2.75, 3.05) is 7.11 Å². The van der Waals surface area contributed by atoms with Crippen LogP contribution in [0.1, 0.15) is 34.3 Å². The first-order valence-electron chi connectivity index (χ1n) is 8.28. The summed E-state index contributed by atoms with van der Waals surface area (Å²) >= 11 is 1.83. The number of methoxy groups -OCH3 is 1. The van der Waals surface area contributed by atoms with E-state index in [1.54, 1.807) is 7.11 Å². The van der Waals surface area contributed by atoms with Gasteiger partial charge in [0.25, 0.3) is 0 Å². The summed E-state index contributed by atoms with van der Waals surface area (Å²) in [5.41, 5.74) is 4.25. The maximum absolute atomic E-state index is 5.31. The van der Waals surface area contributed by atoms with Gasteiger partial charge in [0.1, 0.15) is 5.75 Å². The lowest BCUT2D eigenvalue weighted by molar-refractivity contribution is 0.414. The molecule has 3 aromatic rings. The van der Waals surface area contributed by atoms with Crippen LogP contribution in [0.5, 0.6) is 5.75 Å². The van der Waals surface area contributed by atoms with Crippen molar-refractivity contribution in [3.05, 3.63) is 94.2 Å². The molecular weight excluding hydrogens is 312 g/mol. The molecule has 0 radical (unpaired) electrons. The van der Waals surface area contributed by atoms with E-state index in [0.29, 0.717) is 11.8 Å². The van der Waals surface area contributed by atoms with Crippen molar-refractivity contribution in [1.29, 1.82) is 0 Å². The zero-order chi connectivity index (χ0) is 16.4. The van der Waals surface area contributed by atoms with E-state index in [-0.39, 0.29) is 0 Å².